The van der Waals surface area contributed by atoms with Crippen LogP contribution >= 0.6 is 11.6 Å². The predicted molar refractivity (Wildman–Crippen MR) is 154 cm³/mol. The van der Waals surface area contributed by atoms with Crippen LogP contribution < -0.4 is 10.2 Å². The number of hydrogen-bond donors (Lipinski definition) is 3. The molecule has 3 aromatic rings. The maximum absolute atomic E-state index is 16.2. The zero-order valence-corrected chi connectivity index (χ0v) is 24.0. The lowest BCUT2D eigenvalue weighted by Gasteiger charge is -2.50. The van der Waals surface area contributed by atoms with Crippen molar-refractivity contribution >= 4 is 40.1 Å². The number of carbonyl (C=O) groups excluding carboxylic acids is 2. The summed E-state index contributed by atoms with van der Waals surface area (Å²) >= 11 is 6.43. The minimum Gasteiger partial charge on any atom is -0.385 e. The molecule has 1 atom stereocenters. The fourth-order valence-electron chi connectivity index (χ4n) is 6.56. The number of urea groups is 1. The van der Waals surface area contributed by atoms with Gasteiger partial charge < -0.3 is 10.2 Å². The van der Waals surface area contributed by atoms with Crippen LogP contribution in [0.2, 0.25) is 5.02 Å². The number of pyridine rings is 1. The van der Waals surface area contributed by atoms with Gasteiger partial charge in [0.1, 0.15) is 5.82 Å². The highest BCUT2D eigenvalue weighted by Gasteiger charge is 2.50. The first-order valence-corrected chi connectivity index (χ1v) is 14.4. The normalized spacial score (nSPS) is 24.3. The van der Waals surface area contributed by atoms with Crippen LogP contribution in [0, 0.1) is 11.2 Å². The molecule has 2 aliphatic heterocycles. The molecule has 3 N–H and O–H groups in total. The summed E-state index contributed by atoms with van der Waals surface area (Å²) in [6, 6.07) is 10.1. The van der Waals surface area contributed by atoms with E-state index < -0.39 is 28.5 Å². The topological polar surface area (TPSA) is 106 Å². The Morgan fingerprint density at radius 3 is 2.51 bits per heavy atom. The van der Waals surface area contributed by atoms with Crippen molar-refractivity contribution in [2.45, 2.75) is 63.7 Å². The average Bonchev–Trinajstić information content (AvgIpc) is 2.90. The lowest BCUT2D eigenvalue weighted by atomic mass is 9.66. The molecule has 216 valence electrons. The fourth-order valence-corrected chi connectivity index (χ4v) is 6.85. The summed E-state index contributed by atoms with van der Waals surface area (Å²) < 4.78 is 16.2. The van der Waals surface area contributed by atoms with Crippen LogP contribution in [0.25, 0.3) is 10.9 Å². The molecule has 2 aromatic carbocycles. The molecule has 0 spiro atoms. The Balaban J connectivity index is 1.26. The Morgan fingerprint density at radius 1 is 1.05 bits per heavy atom. The Kier molecular flexibility index (Phi) is 6.85. The molecule has 3 amide bonds. The molecule has 1 aliphatic carbocycles. The second kappa shape index (κ2) is 10.0. The van der Waals surface area contributed by atoms with Gasteiger partial charge in [0.15, 0.2) is 0 Å². The van der Waals surface area contributed by atoms with Crippen LogP contribution in [0.3, 0.4) is 0 Å². The van der Waals surface area contributed by atoms with E-state index in [2.05, 4.69) is 15.2 Å². The summed E-state index contributed by atoms with van der Waals surface area (Å²) in [4.78, 5) is 31.9. The molecule has 10 heteroatoms. The first-order valence-electron chi connectivity index (χ1n) is 14.1. The Hall–Kier alpha value is -3.11. The van der Waals surface area contributed by atoms with E-state index in [1.807, 2.05) is 32.0 Å². The fraction of sp³-hybridized carbons (Fsp3) is 0.452. The third kappa shape index (κ3) is 4.78. The van der Waals surface area contributed by atoms with Crippen LogP contribution in [-0.2, 0) is 22.5 Å². The average molecular weight is 581 g/mol. The van der Waals surface area contributed by atoms with E-state index >= 15 is 4.39 Å². The van der Waals surface area contributed by atoms with Crippen molar-refractivity contribution in [3.8, 4) is 0 Å². The van der Waals surface area contributed by atoms with Gasteiger partial charge in [0.05, 0.1) is 28.6 Å². The number of imide groups is 1. The molecule has 2 saturated heterocycles. The summed E-state index contributed by atoms with van der Waals surface area (Å²) in [5, 5.41) is 26.0. The molecule has 3 heterocycles. The molecule has 3 aliphatic rings. The van der Waals surface area contributed by atoms with E-state index in [9.17, 15) is 19.8 Å². The zero-order valence-electron chi connectivity index (χ0n) is 23.2. The standard InChI is InChI=1S/C31H34ClFN4O4/c1-29(2)18-36(17-19-4-6-24(32)23(14-19)30(40)9-3-10-30)13-11-31(29,41)22-5-7-25-21(27(22)33)15-20(16-34-25)37-12-8-26(38)35-28(37)39/h4-7,14-16,40-41H,3,8-13,17-18H2,1-2H3,(H,35,38,39). The van der Waals surface area contributed by atoms with Crippen molar-refractivity contribution in [1.82, 2.24) is 15.2 Å². The van der Waals surface area contributed by atoms with Gasteiger partial charge in [-0.25, -0.2) is 9.18 Å². The van der Waals surface area contributed by atoms with Crippen LogP contribution in [0.15, 0.2) is 42.6 Å². The molecule has 1 aromatic heterocycles. The number of amides is 3. The highest BCUT2D eigenvalue weighted by Crippen LogP contribution is 2.48. The molecule has 0 bridgehead atoms. The van der Waals surface area contributed by atoms with Gasteiger partial charge in [-0.3, -0.25) is 24.9 Å². The maximum atomic E-state index is 16.2. The number of piperidine rings is 1. The first-order chi connectivity index (χ1) is 19.4. The van der Waals surface area contributed by atoms with E-state index in [0.717, 1.165) is 17.5 Å². The van der Waals surface area contributed by atoms with Crippen LogP contribution in [-0.4, -0.2) is 51.7 Å². The van der Waals surface area contributed by atoms with Crippen molar-refractivity contribution in [2.24, 2.45) is 5.41 Å². The lowest BCUT2D eigenvalue weighted by molar-refractivity contribution is -0.128. The first kappa shape index (κ1) is 28.0. The summed E-state index contributed by atoms with van der Waals surface area (Å²) in [5.41, 5.74) is -0.208. The number of anilines is 1. The Morgan fingerprint density at radius 2 is 1.83 bits per heavy atom. The van der Waals surface area contributed by atoms with Crippen molar-refractivity contribution in [3.63, 3.8) is 0 Å². The van der Waals surface area contributed by atoms with Crippen molar-refractivity contribution in [2.75, 3.05) is 24.5 Å². The second-order valence-corrected chi connectivity index (χ2v) is 12.8. The largest absolute Gasteiger partial charge is 0.385 e. The number of likely N-dealkylation sites (tertiary alicyclic amines) is 1. The van der Waals surface area contributed by atoms with Crippen LogP contribution in [0.1, 0.15) is 62.6 Å². The molecule has 8 nitrogen and oxygen atoms in total. The molecule has 41 heavy (non-hydrogen) atoms. The summed E-state index contributed by atoms with van der Waals surface area (Å²) in [7, 11) is 0. The van der Waals surface area contributed by atoms with Gasteiger partial charge in [-0.05, 0) is 49.4 Å². The Bertz CT molecular complexity index is 1560. The number of fused-ring (bicyclic) bond motifs is 1. The number of carbonyl (C=O) groups is 2. The number of benzene rings is 2. The van der Waals surface area contributed by atoms with Gasteiger partial charge in [0.25, 0.3) is 0 Å². The molecule has 1 unspecified atom stereocenters. The minimum absolute atomic E-state index is 0.148. The summed E-state index contributed by atoms with van der Waals surface area (Å²) in [6.45, 7) is 5.74. The van der Waals surface area contributed by atoms with Gasteiger partial charge in [-0.1, -0.05) is 43.6 Å². The molecular formula is C31H34ClFN4O4. The maximum Gasteiger partial charge on any atom is 0.328 e. The van der Waals surface area contributed by atoms with Crippen molar-refractivity contribution in [3.05, 3.63) is 70.1 Å². The second-order valence-electron chi connectivity index (χ2n) is 12.3. The third-order valence-corrected chi connectivity index (χ3v) is 9.57. The minimum atomic E-state index is -1.45. The number of halogens is 2. The molecular weight excluding hydrogens is 547 g/mol. The highest BCUT2D eigenvalue weighted by molar-refractivity contribution is 6.31. The number of nitrogens with zero attached hydrogens (tertiary/aromatic N) is 3. The van der Waals surface area contributed by atoms with Gasteiger partial charge in [-0.15, -0.1) is 0 Å². The molecule has 3 fully saturated rings. The number of hydrogen-bond acceptors (Lipinski definition) is 6. The zero-order chi connectivity index (χ0) is 29.2. The lowest BCUT2D eigenvalue weighted by Crippen LogP contribution is -2.55. The summed E-state index contributed by atoms with van der Waals surface area (Å²) in [6.07, 6.45) is 4.34. The van der Waals surface area contributed by atoms with Crippen molar-refractivity contribution < 1.29 is 24.2 Å². The van der Waals surface area contributed by atoms with Gasteiger partial charge in [0.2, 0.25) is 5.91 Å². The van der Waals surface area contributed by atoms with Gasteiger partial charge in [-0.2, -0.15) is 0 Å². The summed E-state index contributed by atoms with van der Waals surface area (Å²) in [5.74, 6) is -0.915. The third-order valence-electron chi connectivity index (χ3n) is 9.24. The van der Waals surface area contributed by atoms with Gasteiger partial charge >= 0.3 is 6.03 Å². The quantitative estimate of drug-likeness (QED) is 0.394. The van der Waals surface area contributed by atoms with E-state index in [1.165, 1.54) is 11.1 Å². The monoisotopic (exact) mass is 580 g/mol. The molecule has 1 saturated carbocycles. The number of nitrogens with one attached hydrogen (secondary N) is 1. The number of rotatable bonds is 5. The number of aliphatic hydroxyl groups is 2. The molecule has 0 radical (unpaired) electrons. The van der Waals surface area contributed by atoms with E-state index in [1.54, 1.807) is 18.2 Å². The highest BCUT2D eigenvalue weighted by atomic mass is 35.5. The van der Waals surface area contributed by atoms with Gasteiger partial charge in [0, 0.05) is 59.6 Å². The van der Waals surface area contributed by atoms with E-state index in [-0.39, 0.29) is 29.8 Å². The van der Waals surface area contributed by atoms with E-state index in [0.29, 0.717) is 55.1 Å². The molecule has 6 rings (SSSR count). The predicted octanol–water partition coefficient (Wildman–Crippen LogP) is 4.96. The smallest absolute Gasteiger partial charge is 0.328 e. The SMILES string of the molecule is CC1(C)CN(Cc2ccc(Cl)c(C3(O)CCC3)c2)CCC1(O)c1ccc2ncc(N3CCC(=O)NC3=O)cc2c1F. The Labute approximate surface area is 243 Å². The van der Waals surface area contributed by atoms with Crippen LogP contribution in [0.4, 0.5) is 14.9 Å². The number of aromatic nitrogens is 1. The van der Waals surface area contributed by atoms with Crippen molar-refractivity contribution in [1.29, 1.82) is 0 Å². The van der Waals surface area contributed by atoms with Crippen LogP contribution in [0.5, 0.6) is 0 Å². The van der Waals surface area contributed by atoms with E-state index in [4.69, 9.17) is 11.6 Å².